The van der Waals surface area contributed by atoms with E-state index in [0.717, 1.165) is 31.0 Å². The van der Waals surface area contributed by atoms with Gasteiger partial charge in [-0.25, -0.2) is 0 Å². The lowest BCUT2D eigenvalue weighted by atomic mass is 9.93. The molecular formula is C15H21N5O2. The Labute approximate surface area is 129 Å². The van der Waals surface area contributed by atoms with Gasteiger partial charge in [-0.1, -0.05) is 25.9 Å². The number of nitrogens with one attached hydrogen (secondary N) is 1. The fourth-order valence-electron chi connectivity index (χ4n) is 2.51. The van der Waals surface area contributed by atoms with Gasteiger partial charge < -0.3 is 14.4 Å². The summed E-state index contributed by atoms with van der Waals surface area (Å²) < 4.78 is 7.36. The molecule has 0 radical (unpaired) electrons. The Kier molecular flexibility index (Phi) is 3.72. The van der Waals surface area contributed by atoms with Crippen molar-refractivity contribution in [2.75, 3.05) is 6.54 Å². The summed E-state index contributed by atoms with van der Waals surface area (Å²) in [5.74, 6) is 2.46. The van der Waals surface area contributed by atoms with Crippen molar-refractivity contribution in [3.63, 3.8) is 0 Å². The van der Waals surface area contributed by atoms with E-state index in [1.54, 1.807) is 6.07 Å². The minimum Gasteiger partial charge on any atom is -0.360 e. The van der Waals surface area contributed by atoms with E-state index < -0.39 is 0 Å². The highest BCUT2D eigenvalue weighted by Gasteiger charge is 2.22. The van der Waals surface area contributed by atoms with Crippen molar-refractivity contribution in [2.45, 2.75) is 52.0 Å². The molecule has 0 aromatic carbocycles. The van der Waals surface area contributed by atoms with Crippen molar-refractivity contribution in [3.05, 3.63) is 29.2 Å². The topological polar surface area (TPSA) is 85.8 Å². The van der Waals surface area contributed by atoms with Crippen LogP contribution in [0.4, 0.5) is 0 Å². The third-order valence-electron chi connectivity index (χ3n) is 3.80. The minimum absolute atomic E-state index is 0.159. The summed E-state index contributed by atoms with van der Waals surface area (Å²) >= 11 is 0. The second-order valence-electron chi connectivity index (χ2n) is 6.62. The van der Waals surface area contributed by atoms with Crippen LogP contribution in [0.5, 0.6) is 0 Å². The quantitative estimate of drug-likeness (QED) is 0.924. The molecular weight excluding hydrogens is 282 g/mol. The zero-order valence-electron chi connectivity index (χ0n) is 13.2. The number of aromatic nitrogens is 4. The lowest BCUT2D eigenvalue weighted by Gasteiger charge is -2.12. The largest absolute Gasteiger partial charge is 0.360 e. The van der Waals surface area contributed by atoms with Gasteiger partial charge in [0.1, 0.15) is 17.4 Å². The summed E-state index contributed by atoms with van der Waals surface area (Å²) in [7, 11) is 0. The van der Waals surface area contributed by atoms with Gasteiger partial charge in [-0.15, -0.1) is 10.2 Å². The van der Waals surface area contributed by atoms with Crippen LogP contribution in [0.15, 0.2) is 10.6 Å². The molecule has 0 unspecified atom stereocenters. The number of aryl methyl sites for hydroxylation is 1. The molecule has 0 saturated heterocycles. The van der Waals surface area contributed by atoms with E-state index in [9.17, 15) is 4.79 Å². The fraction of sp³-hybridized carbons (Fsp3) is 0.600. The second kappa shape index (κ2) is 5.55. The molecule has 0 aliphatic carbocycles. The van der Waals surface area contributed by atoms with Crippen molar-refractivity contribution in [1.29, 1.82) is 0 Å². The predicted octanol–water partition coefficient (Wildman–Crippen LogP) is 1.48. The molecule has 1 amide bonds. The highest BCUT2D eigenvalue weighted by atomic mass is 16.5. The first-order chi connectivity index (χ1) is 10.4. The molecule has 118 valence electrons. The molecule has 0 saturated carbocycles. The summed E-state index contributed by atoms with van der Waals surface area (Å²) in [6.45, 7) is 7.53. The Morgan fingerprint density at radius 1 is 1.41 bits per heavy atom. The van der Waals surface area contributed by atoms with Crippen LogP contribution in [-0.2, 0) is 24.8 Å². The molecule has 0 fully saturated rings. The van der Waals surface area contributed by atoms with E-state index in [1.165, 1.54) is 0 Å². The smallest absolute Gasteiger partial charge is 0.273 e. The normalized spacial score (nSPS) is 14.1. The standard InChI is InChI=1S/C15H21N5O2/c1-15(2,3)11-9-10(19-22-11)14(21)16-7-6-13-18-17-12-5-4-8-20(12)13/h9H,4-8H2,1-3H3,(H,16,21). The van der Waals surface area contributed by atoms with E-state index in [2.05, 4.69) is 25.2 Å². The van der Waals surface area contributed by atoms with Gasteiger partial charge in [0.2, 0.25) is 0 Å². The minimum atomic E-state index is -0.222. The van der Waals surface area contributed by atoms with Gasteiger partial charge in [0.25, 0.3) is 5.91 Å². The molecule has 7 heteroatoms. The molecule has 22 heavy (non-hydrogen) atoms. The molecule has 3 rings (SSSR count). The lowest BCUT2D eigenvalue weighted by molar-refractivity contribution is 0.0944. The number of amides is 1. The highest BCUT2D eigenvalue weighted by molar-refractivity contribution is 5.92. The summed E-state index contributed by atoms with van der Waals surface area (Å²) in [5, 5.41) is 15.0. The van der Waals surface area contributed by atoms with Gasteiger partial charge >= 0.3 is 0 Å². The number of fused-ring (bicyclic) bond motifs is 1. The average Bonchev–Trinajstić information content (AvgIpc) is 3.15. The van der Waals surface area contributed by atoms with E-state index in [1.807, 2.05) is 20.8 Å². The first-order valence-electron chi connectivity index (χ1n) is 7.61. The van der Waals surface area contributed by atoms with Crippen LogP contribution in [-0.4, -0.2) is 32.4 Å². The molecule has 1 N–H and O–H groups in total. The number of carbonyl (C=O) groups is 1. The van der Waals surface area contributed by atoms with Crippen LogP contribution >= 0.6 is 0 Å². The summed E-state index contributed by atoms with van der Waals surface area (Å²) in [4.78, 5) is 12.1. The van der Waals surface area contributed by atoms with E-state index >= 15 is 0 Å². The lowest BCUT2D eigenvalue weighted by Crippen LogP contribution is -2.26. The van der Waals surface area contributed by atoms with Crippen LogP contribution < -0.4 is 5.32 Å². The van der Waals surface area contributed by atoms with Crippen LogP contribution in [0.2, 0.25) is 0 Å². The van der Waals surface area contributed by atoms with Crippen molar-refractivity contribution >= 4 is 5.91 Å². The number of nitrogens with zero attached hydrogens (tertiary/aromatic N) is 4. The summed E-state index contributed by atoms with van der Waals surface area (Å²) in [5.41, 5.74) is 0.157. The molecule has 3 heterocycles. The Morgan fingerprint density at radius 3 is 2.95 bits per heavy atom. The van der Waals surface area contributed by atoms with Crippen LogP contribution in [0, 0.1) is 0 Å². The first-order valence-corrected chi connectivity index (χ1v) is 7.61. The maximum atomic E-state index is 12.1. The van der Waals surface area contributed by atoms with Crippen molar-refractivity contribution in [1.82, 2.24) is 25.2 Å². The average molecular weight is 303 g/mol. The van der Waals surface area contributed by atoms with Crippen LogP contribution in [0.25, 0.3) is 0 Å². The van der Waals surface area contributed by atoms with Gasteiger partial charge in [-0.05, 0) is 6.42 Å². The Morgan fingerprint density at radius 2 is 2.23 bits per heavy atom. The molecule has 1 aliphatic rings. The number of hydrogen-bond donors (Lipinski definition) is 1. The molecule has 0 atom stereocenters. The second-order valence-corrected chi connectivity index (χ2v) is 6.62. The van der Waals surface area contributed by atoms with Crippen molar-refractivity contribution < 1.29 is 9.32 Å². The maximum Gasteiger partial charge on any atom is 0.273 e. The van der Waals surface area contributed by atoms with Crippen LogP contribution in [0.1, 0.15) is 55.1 Å². The van der Waals surface area contributed by atoms with E-state index in [0.29, 0.717) is 24.4 Å². The highest BCUT2D eigenvalue weighted by Crippen LogP contribution is 2.22. The number of rotatable bonds is 4. The number of carbonyl (C=O) groups excluding carboxylic acids is 1. The fourth-order valence-corrected chi connectivity index (χ4v) is 2.51. The number of hydrogen-bond acceptors (Lipinski definition) is 5. The summed E-state index contributed by atoms with van der Waals surface area (Å²) in [6, 6.07) is 1.70. The van der Waals surface area contributed by atoms with Gasteiger partial charge in [-0.2, -0.15) is 0 Å². The Bertz CT molecular complexity index is 680. The molecule has 2 aromatic heterocycles. The third-order valence-corrected chi connectivity index (χ3v) is 3.80. The van der Waals surface area contributed by atoms with Crippen molar-refractivity contribution in [2.24, 2.45) is 0 Å². The molecule has 1 aliphatic heterocycles. The Balaban J connectivity index is 1.55. The predicted molar refractivity (Wildman–Crippen MR) is 79.6 cm³/mol. The zero-order chi connectivity index (χ0) is 15.7. The monoisotopic (exact) mass is 303 g/mol. The van der Waals surface area contributed by atoms with Gasteiger partial charge in [0.15, 0.2) is 5.69 Å². The van der Waals surface area contributed by atoms with Crippen LogP contribution in [0.3, 0.4) is 0 Å². The Hall–Kier alpha value is -2.18. The SMILES string of the molecule is CC(C)(C)c1cc(C(=O)NCCc2nnc3n2CCC3)no1. The molecule has 0 bridgehead atoms. The van der Waals surface area contributed by atoms with E-state index in [4.69, 9.17) is 4.52 Å². The zero-order valence-corrected chi connectivity index (χ0v) is 13.2. The van der Waals surface area contributed by atoms with Gasteiger partial charge in [-0.3, -0.25) is 4.79 Å². The summed E-state index contributed by atoms with van der Waals surface area (Å²) in [6.07, 6.45) is 2.79. The molecule has 2 aromatic rings. The maximum absolute atomic E-state index is 12.1. The molecule has 7 nitrogen and oxygen atoms in total. The van der Waals surface area contributed by atoms with E-state index in [-0.39, 0.29) is 11.3 Å². The third kappa shape index (κ3) is 2.88. The van der Waals surface area contributed by atoms with Crippen molar-refractivity contribution in [3.8, 4) is 0 Å². The first kappa shape index (κ1) is 14.7. The van der Waals surface area contributed by atoms with Gasteiger partial charge in [0, 0.05) is 37.4 Å². The van der Waals surface area contributed by atoms with Gasteiger partial charge in [0.05, 0.1) is 0 Å². The molecule has 0 spiro atoms.